The van der Waals surface area contributed by atoms with E-state index in [1.807, 2.05) is 0 Å². The zero-order valence-corrected chi connectivity index (χ0v) is 15.5. The average molecular weight is 375 g/mol. The summed E-state index contributed by atoms with van der Waals surface area (Å²) in [6, 6.07) is 4.19. The van der Waals surface area contributed by atoms with Crippen LogP contribution in [-0.2, 0) is 10.0 Å². The summed E-state index contributed by atoms with van der Waals surface area (Å²) < 4.78 is 26.9. The summed E-state index contributed by atoms with van der Waals surface area (Å²) in [5, 5.41) is 9.60. The molecule has 1 aromatic rings. The normalized spacial score (nSPS) is 17.5. The fourth-order valence-electron chi connectivity index (χ4n) is 2.77. The van der Waals surface area contributed by atoms with Crippen LogP contribution in [0.25, 0.3) is 0 Å². The zero-order chi connectivity index (χ0) is 17.9. The highest BCUT2D eigenvalue weighted by Crippen LogP contribution is 2.25. The molecule has 2 rings (SSSR count). The number of likely N-dealkylation sites (N-methyl/N-ethyl adjacent to an activating group) is 1. The summed E-state index contributed by atoms with van der Waals surface area (Å²) in [6.45, 7) is 2.70. The Hall–Kier alpha value is -1.15. The van der Waals surface area contributed by atoms with Crippen LogP contribution in [0.1, 0.15) is 36.5 Å². The number of piperidine rings is 1. The van der Waals surface area contributed by atoms with Crippen molar-refractivity contribution in [3.05, 3.63) is 28.8 Å². The van der Waals surface area contributed by atoms with Gasteiger partial charge in [-0.05, 0) is 38.0 Å². The number of hydrogen-bond acceptors (Lipinski definition) is 4. The Balaban J connectivity index is 2.32. The lowest BCUT2D eigenvalue weighted by Crippen LogP contribution is -2.36. The molecular weight excluding hydrogens is 352 g/mol. The van der Waals surface area contributed by atoms with E-state index in [9.17, 15) is 18.3 Å². The molecule has 6 nitrogen and oxygen atoms in total. The van der Waals surface area contributed by atoms with E-state index in [0.29, 0.717) is 13.1 Å². The quantitative estimate of drug-likeness (QED) is 0.854. The minimum atomic E-state index is -3.63. The second-order valence-corrected chi connectivity index (χ2v) is 8.49. The van der Waals surface area contributed by atoms with E-state index in [4.69, 9.17) is 11.6 Å². The Kier molecular flexibility index (Phi) is 6.25. The standard InChI is InChI=1S/C16H23ClN2O4S/c1-12(20)11-18(2)16(21)14-10-13(6-7-15(14)17)24(22,23)19-8-4-3-5-9-19/h6-7,10,12,20H,3-5,8-9,11H2,1-2H3/t12-/m1/s1. The molecule has 0 aromatic heterocycles. The molecule has 0 radical (unpaired) electrons. The van der Waals surface area contributed by atoms with Crippen LogP contribution in [0.5, 0.6) is 0 Å². The van der Waals surface area contributed by atoms with Gasteiger partial charge in [0.15, 0.2) is 0 Å². The number of halogens is 1. The maximum atomic E-state index is 12.7. The largest absolute Gasteiger partial charge is 0.392 e. The zero-order valence-electron chi connectivity index (χ0n) is 13.9. The van der Waals surface area contributed by atoms with E-state index in [1.165, 1.54) is 34.5 Å². The highest BCUT2D eigenvalue weighted by Gasteiger charge is 2.27. The van der Waals surface area contributed by atoms with Crippen LogP contribution in [0.4, 0.5) is 0 Å². The smallest absolute Gasteiger partial charge is 0.255 e. The van der Waals surface area contributed by atoms with Gasteiger partial charge in [0, 0.05) is 26.7 Å². The van der Waals surface area contributed by atoms with Gasteiger partial charge in [-0.2, -0.15) is 4.31 Å². The van der Waals surface area contributed by atoms with Crippen molar-refractivity contribution in [3.63, 3.8) is 0 Å². The molecule has 1 aliphatic rings. The lowest BCUT2D eigenvalue weighted by atomic mass is 10.2. The number of hydrogen-bond donors (Lipinski definition) is 1. The maximum absolute atomic E-state index is 12.7. The van der Waals surface area contributed by atoms with E-state index in [2.05, 4.69) is 0 Å². The molecule has 1 fully saturated rings. The highest BCUT2D eigenvalue weighted by molar-refractivity contribution is 7.89. The Morgan fingerprint density at radius 3 is 2.54 bits per heavy atom. The van der Waals surface area contributed by atoms with Crippen molar-refractivity contribution in [1.29, 1.82) is 0 Å². The van der Waals surface area contributed by atoms with Crippen LogP contribution in [0.2, 0.25) is 5.02 Å². The molecule has 0 saturated carbocycles. The van der Waals surface area contributed by atoms with Gasteiger partial charge in [-0.1, -0.05) is 18.0 Å². The second kappa shape index (κ2) is 7.82. The van der Waals surface area contributed by atoms with Crippen LogP contribution in [0.15, 0.2) is 23.1 Å². The van der Waals surface area contributed by atoms with E-state index in [1.54, 1.807) is 6.92 Å². The summed E-state index contributed by atoms with van der Waals surface area (Å²) in [7, 11) is -2.09. The fraction of sp³-hybridized carbons (Fsp3) is 0.562. The van der Waals surface area contributed by atoms with Crippen molar-refractivity contribution >= 4 is 27.5 Å². The summed E-state index contributed by atoms with van der Waals surface area (Å²) in [5.74, 6) is -0.420. The third kappa shape index (κ3) is 4.27. The first-order valence-electron chi connectivity index (χ1n) is 7.96. The summed E-state index contributed by atoms with van der Waals surface area (Å²) in [6.07, 6.45) is 2.03. The number of amides is 1. The first-order chi connectivity index (χ1) is 11.2. The SMILES string of the molecule is C[C@@H](O)CN(C)C(=O)c1cc(S(=O)(=O)N2CCCCC2)ccc1Cl. The number of aliphatic hydroxyl groups is 1. The molecule has 1 saturated heterocycles. The van der Waals surface area contributed by atoms with Crippen LogP contribution in [0.3, 0.4) is 0 Å². The number of carbonyl (C=O) groups excluding carboxylic acids is 1. The molecule has 134 valence electrons. The molecule has 0 spiro atoms. The molecule has 1 amide bonds. The molecule has 1 N–H and O–H groups in total. The molecule has 1 aliphatic heterocycles. The number of sulfonamides is 1. The van der Waals surface area contributed by atoms with Gasteiger partial charge >= 0.3 is 0 Å². The van der Waals surface area contributed by atoms with Gasteiger partial charge in [-0.15, -0.1) is 0 Å². The number of rotatable bonds is 5. The van der Waals surface area contributed by atoms with Gasteiger partial charge in [0.1, 0.15) is 0 Å². The molecule has 1 heterocycles. The summed E-state index contributed by atoms with van der Waals surface area (Å²) in [4.78, 5) is 13.9. The monoisotopic (exact) mass is 374 g/mol. The molecule has 0 aliphatic carbocycles. The molecule has 8 heteroatoms. The average Bonchev–Trinajstić information content (AvgIpc) is 2.54. The Labute approximate surface area is 148 Å². The van der Waals surface area contributed by atoms with Crippen molar-refractivity contribution in [2.45, 2.75) is 37.2 Å². The third-order valence-electron chi connectivity index (χ3n) is 4.01. The van der Waals surface area contributed by atoms with Crippen molar-refractivity contribution in [3.8, 4) is 0 Å². The predicted octanol–water partition coefficient (Wildman–Crippen LogP) is 1.97. The van der Waals surface area contributed by atoms with E-state index >= 15 is 0 Å². The molecule has 0 bridgehead atoms. The molecule has 0 unspecified atom stereocenters. The van der Waals surface area contributed by atoms with Gasteiger partial charge in [-0.25, -0.2) is 8.42 Å². The number of nitrogens with zero attached hydrogens (tertiary/aromatic N) is 2. The van der Waals surface area contributed by atoms with Gasteiger partial charge < -0.3 is 10.0 Å². The first kappa shape index (κ1) is 19.2. The van der Waals surface area contributed by atoms with Gasteiger partial charge in [0.25, 0.3) is 5.91 Å². The van der Waals surface area contributed by atoms with Crippen LogP contribution in [0, 0.1) is 0 Å². The first-order valence-corrected chi connectivity index (χ1v) is 9.78. The van der Waals surface area contributed by atoms with Crippen molar-refractivity contribution in [2.75, 3.05) is 26.7 Å². The van der Waals surface area contributed by atoms with E-state index < -0.39 is 22.0 Å². The Morgan fingerprint density at radius 1 is 1.33 bits per heavy atom. The lowest BCUT2D eigenvalue weighted by Gasteiger charge is -2.26. The number of benzene rings is 1. The van der Waals surface area contributed by atoms with Gasteiger partial charge in [0.2, 0.25) is 10.0 Å². The van der Waals surface area contributed by atoms with Crippen LogP contribution < -0.4 is 0 Å². The van der Waals surface area contributed by atoms with E-state index in [-0.39, 0.29) is 22.0 Å². The van der Waals surface area contributed by atoms with Crippen LogP contribution >= 0.6 is 11.6 Å². The van der Waals surface area contributed by atoms with E-state index in [0.717, 1.165) is 19.3 Å². The molecule has 1 aromatic carbocycles. The highest BCUT2D eigenvalue weighted by atomic mass is 35.5. The van der Waals surface area contributed by atoms with Crippen molar-refractivity contribution < 1.29 is 18.3 Å². The third-order valence-corrected chi connectivity index (χ3v) is 6.23. The minimum absolute atomic E-state index is 0.0718. The topological polar surface area (TPSA) is 77.9 Å². The molecule has 24 heavy (non-hydrogen) atoms. The van der Waals surface area contributed by atoms with Gasteiger partial charge in [-0.3, -0.25) is 4.79 Å². The summed E-state index contributed by atoms with van der Waals surface area (Å²) in [5.41, 5.74) is 0.123. The Bertz CT molecular complexity index is 700. The van der Waals surface area contributed by atoms with Crippen molar-refractivity contribution in [1.82, 2.24) is 9.21 Å². The van der Waals surface area contributed by atoms with Crippen LogP contribution in [-0.4, -0.2) is 61.4 Å². The number of aliphatic hydroxyl groups excluding tert-OH is 1. The second-order valence-electron chi connectivity index (χ2n) is 6.14. The summed E-state index contributed by atoms with van der Waals surface area (Å²) >= 11 is 6.09. The Morgan fingerprint density at radius 2 is 1.96 bits per heavy atom. The molecular formula is C16H23ClN2O4S. The van der Waals surface area contributed by atoms with Crippen molar-refractivity contribution in [2.24, 2.45) is 0 Å². The number of carbonyl (C=O) groups is 1. The molecule has 1 atom stereocenters. The van der Waals surface area contributed by atoms with Gasteiger partial charge in [0.05, 0.1) is 21.6 Å². The lowest BCUT2D eigenvalue weighted by molar-refractivity contribution is 0.0703. The fourth-order valence-corrected chi connectivity index (χ4v) is 4.51. The minimum Gasteiger partial charge on any atom is -0.392 e. The maximum Gasteiger partial charge on any atom is 0.255 e. The predicted molar refractivity (Wildman–Crippen MR) is 92.7 cm³/mol.